The number of piperidine rings is 1. The van der Waals surface area contributed by atoms with Gasteiger partial charge in [-0.25, -0.2) is 0 Å². The Kier molecular flexibility index (Phi) is 4.99. The molecular weight excluding hydrogens is 364 g/mol. The smallest absolute Gasteiger partial charge is 0.251 e. The van der Waals surface area contributed by atoms with Crippen LogP contribution in [-0.4, -0.2) is 55.3 Å². The molecule has 23 heavy (non-hydrogen) atoms. The first-order valence-corrected chi connectivity index (χ1v) is 8.47. The number of hydrogen-bond donors (Lipinski definition) is 1. The fourth-order valence-electron chi connectivity index (χ4n) is 2.85. The number of amides is 2. The van der Waals surface area contributed by atoms with Crippen LogP contribution < -0.4 is 5.32 Å². The van der Waals surface area contributed by atoms with E-state index in [-0.39, 0.29) is 18.4 Å². The molecule has 2 fully saturated rings. The summed E-state index contributed by atoms with van der Waals surface area (Å²) in [6, 6.07) is 7.01. The van der Waals surface area contributed by atoms with Crippen molar-refractivity contribution in [3.05, 3.63) is 34.3 Å². The van der Waals surface area contributed by atoms with Gasteiger partial charge < -0.3 is 19.7 Å². The molecule has 0 aromatic heterocycles. The second-order valence-electron chi connectivity index (χ2n) is 5.68. The number of nitrogens with one attached hydrogen (secondary N) is 1. The largest absolute Gasteiger partial charge is 0.347 e. The molecular formula is C16H19BrN2O4. The van der Waals surface area contributed by atoms with Crippen LogP contribution in [-0.2, 0) is 14.3 Å². The summed E-state index contributed by atoms with van der Waals surface area (Å²) in [4.78, 5) is 26.0. The summed E-state index contributed by atoms with van der Waals surface area (Å²) in [5, 5.41) is 2.67. The molecule has 1 spiro atoms. The van der Waals surface area contributed by atoms with E-state index in [9.17, 15) is 9.59 Å². The minimum absolute atomic E-state index is 0.00358. The summed E-state index contributed by atoms with van der Waals surface area (Å²) >= 11 is 3.32. The zero-order chi connectivity index (χ0) is 16.3. The zero-order valence-electron chi connectivity index (χ0n) is 12.7. The van der Waals surface area contributed by atoms with E-state index in [1.165, 1.54) is 0 Å². The number of ether oxygens (including phenoxy) is 2. The number of rotatable bonds is 3. The molecule has 1 aromatic rings. The van der Waals surface area contributed by atoms with Crippen LogP contribution in [0.3, 0.4) is 0 Å². The van der Waals surface area contributed by atoms with Gasteiger partial charge in [-0.2, -0.15) is 0 Å². The van der Waals surface area contributed by atoms with Crippen LogP contribution in [0.2, 0.25) is 0 Å². The van der Waals surface area contributed by atoms with Crippen molar-refractivity contribution >= 4 is 27.7 Å². The minimum Gasteiger partial charge on any atom is -0.347 e. The Hall–Kier alpha value is -1.44. The van der Waals surface area contributed by atoms with Crippen molar-refractivity contribution in [3.63, 3.8) is 0 Å². The average Bonchev–Trinajstić information content (AvgIpc) is 3.02. The molecule has 6 nitrogen and oxygen atoms in total. The Labute approximate surface area is 143 Å². The number of hydrogen-bond acceptors (Lipinski definition) is 4. The first-order valence-electron chi connectivity index (χ1n) is 7.67. The SMILES string of the molecule is O=C(NCC(=O)N1CCC2(CC1)OCCO2)c1ccc(Br)cc1. The highest BCUT2D eigenvalue weighted by Gasteiger charge is 2.40. The number of benzene rings is 1. The van der Waals surface area contributed by atoms with Crippen molar-refractivity contribution in [1.82, 2.24) is 10.2 Å². The average molecular weight is 383 g/mol. The van der Waals surface area contributed by atoms with Crippen LogP contribution in [0.1, 0.15) is 23.2 Å². The molecule has 1 N–H and O–H groups in total. The maximum absolute atomic E-state index is 12.2. The zero-order valence-corrected chi connectivity index (χ0v) is 14.3. The summed E-state index contributed by atoms with van der Waals surface area (Å²) in [6.07, 6.45) is 1.36. The number of likely N-dealkylation sites (tertiary alicyclic amines) is 1. The van der Waals surface area contributed by atoms with E-state index >= 15 is 0 Å². The molecule has 0 aliphatic carbocycles. The van der Waals surface area contributed by atoms with E-state index in [1.807, 2.05) is 0 Å². The Balaban J connectivity index is 1.46. The summed E-state index contributed by atoms with van der Waals surface area (Å²) in [5.41, 5.74) is 0.534. The van der Waals surface area contributed by atoms with Crippen LogP contribution in [0, 0.1) is 0 Å². The highest BCUT2D eigenvalue weighted by atomic mass is 79.9. The molecule has 1 aromatic carbocycles. The molecule has 2 heterocycles. The molecule has 2 saturated heterocycles. The summed E-state index contributed by atoms with van der Waals surface area (Å²) < 4.78 is 12.2. The third-order valence-electron chi connectivity index (χ3n) is 4.20. The van der Waals surface area contributed by atoms with Crippen molar-refractivity contribution < 1.29 is 19.1 Å². The predicted molar refractivity (Wildman–Crippen MR) is 86.9 cm³/mol. The van der Waals surface area contributed by atoms with Gasteiger partial charge in [0, 0.05) is 36.0 Å². The molecule has 2 amide bonds. The molecule has 0 bridgehead atoms. The molecule has 0 atom stereocenters. The van der Waals surface area contributed by atoms with Crippen molar-refractivity contribution in [2.45, 2.75) is 18.6 Å². The van der Waals surface area contributed by atoms with Gasteiger partial charge in [0.1, 0.15) is 0 Å². The van der Waals surface area contributed by atoms with Gasteiger partial charge in [0.05, 0.1) is 19.8 Å². The standard InChI is InChI=1S/C16H19BrN2O4/c17-13-3-1-12(2-4-13)15(21)18-11-14(20)19-7-5-16(6-8-19)22-9-10-23-16/h1-4H,5-11H2,(H,18,21). The Morgan fingerprint density at radius 2 is 1.74 bits per heavy atom. The number of nitrogens with zero attached hydrogens (tertiary/aromatic N) is 1. The highest BCUT2D eigenvalue weighted by molar-refractivity contribution is 9.10. The van der Waals surface area contributed by atoms with E-state index in [4.69, 9.17) is 9.47 Å². The molecule has 2 aliphatic rings. The topological polar surface area (TPSA) is 67.9 Å². The van der Waals surface area contributed by atoms with Gasteiger partial charge in [-0.1, -0.05) is 15.9 Å². The Morgan fingerprint density at radius 1 is 1.13 bits per heavy atom. The van der Waals surface area contributed by atoms with Gasteiger partial charge in [-0.05, 0) is 24.3 Å². The number of halogens is 1. The molecule has 124 valence electrons. The summed E-state index contributed by atoms with van der Waals surface area (Å²) in [5.74, 6) is -0.817. The molecule has 0 unspecified atom stereocenters. The van der Waals surface area contributed by atoms with Gasteiger partial charge in [0.2, 0.25) is 5.91 Å². The van der Waals surface area contributed by atoms with E-state index in [0.29, 0.717) is 44.7 Å². The van der Waals surface area contributed by atoms with Crippen LogP contribution >= 0.6 is 15.9 Å². The van der Waals surface area contributed by atoms with Gasteiger partial charge >= 0.3 is 0 Å². The second-order valence-corrected chi connectivity index (χ2v) is 6.59. The van der Waals surface area contributed by atoms with Crippen LogP contribution in [0.15, 0.2) is 28.7 Å². The van der Waals surface area contributed by atoms with Crippen molar-refractivity contribution in [1.29, 1.82) is 0 Å². The van der Waals surface area contributed by atoms with Gasteiger partial charge in [-0.15, -0.1) is 0 Å². The monoisotopic (exact) mass is 382 g/mol. The molecule has 0 saturated carbocycles. The second kappa shape index (κ2) is 6.98. The lowest BCUT2D eigenvalue weighted by atomic mass is 10.0. The van der Waals surface area contributed by atoms with E-state index in [0.717, 1.165) is 4.47 Å². The summed E-state index contributed by atoms with van der Waals surface area (Å²) in [7, 11) is 0. The van der Waals surface area contributed by atoms with Gasteiger partial charge in [0.15, 0.2) is 5.79 Å². The molecule has 0 radical (unpaired) electrons. The summed E-state index contributed by atoms with van der Waals surface area (Å²) in [6.45, 7) is 2.43. The lowest BCUT2D eigenvalue weighted by Crippen LogP contribution is -2.49. The van der Waals surface area contributed by atoms with E-state index in [2.05, 4.69) is 21.2 Å². The number of carbonyl (C=O) groups excluding carboxylic acids is 2. The highest BCUT2D eigenvalue weighted by Crippen LogP contribution is 2.31. The third kappa shape index (κ3) is 3.91. The Morgan fingerprint density at radius 3 is 2.35 bits per heavy atom. The quantitative estimate of drug-likeness (QED) is 0.860. The Bertz CT molecular complexity index is 574. The first-order chi connectivity index (χ1) is 11.1. The van der Waals surface area contributed by atoms with Crippen LogP contribution in [0.4, 0.5) is 0 Å². The minimum atomic E-state index is -0.489. The van der Waals surface area contributed by atoms with Crippen LogP contribution in [0.5, 0.6) is 0 Å². The van der Waals surface area contributed by atoms with E-state index < -0.39 is 5.79 Å². The third-order valence-corrected chi connectivity index (χ3v) is 4.73. The fraction of sp³-hybridized carbons (Fsp3) is 0.500. The molecule has 3 rings (SSSR count). The number of carbonyl (C=O) groups is 2. The lowest BCUT2D eigenvalue weighted by molar-refractivity contribution is -0.187. The normalized spacial score (nSPS) is 19.8. The van der Waals surface area contributed by atoms with Crippen LogP contribution in [0.25, 0.3) is 0 Å². The lowest BCUT2D eigenvalue weighted by Gasteiger charge is -2.37. The van der Waals surface area contributed by atoms with Crippen molar-refractivity contribution in [2.24, 2.45) is 0 Å². The maximum atomic E-state index is 12.2. The fourth-order valence-corrected chi connectivity index (χ4v) is 3.12. The maximum Gasteiger partial charge on any atom is 0.251 e. The molecule has 2 aliphatic heterocycles. The van der Waals surface area contributed by atoms with Crippen molar-refractivity contribution in [3.8, 4) is 0 Å². The molecule has 7 heteroatoms. The van der Waals surface area contributed by atoms with Crippen molar-refractivity contribution in [2.75, 3.05) is 32.8 Å². The van der Waals surface area contributed by atoms with Gasteiger partial charge in [0.25, 0.3) is 5.91 Å². The van der Waals surface area contributed by atoms with Gasteiger partial charge in [-0.3, -0.25) is 9.59 Å². The predicted octanol–water partition coefficient (Wildman–Crippen LogP) is 1.54. The first kappa shape index (κ1) is 16.4. The van der Waals surface area contributed by atoms with E-state index in [1.54, 1.807) is 29.2 Å².